The van der Waals surface area contributed by atoms with Crippen LogP contribution in [0.1, 0.15) is 24.1 Å². The quantitative estimate of drug-likeness (QED) is 0.695. The molecule has 5 heteroatoms. The molecule has 0 radical (unpaired) electrons. The summed E-state index contributed by atoms with van der Waals surface area (Å²) >= 11 is 0. The van der Waals surface area contributed by atoms with Crippen molar-refractivity contribution in [2.24, 2.45) is 0 Å². The summed E-state index contributed by atoms with van der Waals surface area (Å²) in [7, 11) is 0. The van der Waals surface area contributed by atoms with E-state index in [4.69, 9.17) is 0 Å². The van der Waals surface area contributed by atoms with Crippen LogP contribution in [-0.2, 0) is 6.42 Å². The van der Waals surface area contributed by atoms with E-state index < -0.39 is 0 Å². The van der Waals surface area contributed by atoms with Gasteiger partial charge >= 0.3 is 0 Å². The molecule has 1 atom stereocenters. The summed E-state index contributed by atoms with van der Waals surface area (Å²) < 4.78 is 0. The molecule has 0 saturated heterocycles. The highest BCUT2D eigenvalue weighted by atomic mass is 15.1. The Morgan fingerprint density at radius 1 is 1.00 bits per heavy atom. The fourth-order valence-corrected chi connectivity index (χ4v) is 2.44. The molecule has 1 unspecified atom stereocenters. The molecular formula is C19H21N5. The third-order valence-electron chi connectivity index (χ3n) is 3.74. The Kier molecular flexibility index (Phi) is 5.35. The van der Waals surface area contributed by atoms with Gasteiger partial charge in [0.1, 0.15) is 5.82 Å². The maximum atomic E-state index is 4.52. The van der Waals surface area contributed by atoms with Gasteiger partial charge in [-0.3, -0.25) is 4.98 Å². The highest BCUT2D eigenvalue weighted by Crippen LogP contribution is 2.17. The summed E-state index contributed by atoms with van der Waals surface area (Å²) in [5.41, 5.74) is 2.42. The number of nitrogens with zero attached hydrogens (tertiary/aromatic N) is 3. The average molecular weight is 319 g/mol. The molecule has 0 aliphatic rings. The standard InChI is InChI=1S/C19H21N5/c1-15(17-7-3-2-4-8-17)23-18-10-13-22-19(24-18)21-12-9-16-6-5-11-20-14-16/h2-8,10-11,13-15H,9,12H2,1H3,(H2,21,22,23,24). The van der Waals surface area contributed by atoms with E-state index in [1.165, 1.54) is 11.1 Å². The Morgan fingerprint density at radius 2 is 1.88 bits per heavy atom. The third-order valence-corrected chi connectivity index (χ3v) is 3.74. The predicted octanol–water partition coefficient (Wildman–Crippen LogP) is 3.70. The molecular weight excluding hydrogens is 298 g/mol. The van der Waals surface area contributed by atoms with Crippen molar-refractivity contribution in [1.29, 1.82) is 0 Å². The molecule has 2 aromatic heterocycles. The lowest BCUT2D eigenvalue weighted by Gasteiger charge is -2.15. The van der Waals surface area contributed by atoms with E-state index in [-0.39, 0.29) is 6.04 Å². The van der Waals surface area contributed by atoms with Gasteiger partial charge in [0.15, 0.2) is 0 Å². The Labute approximate surface area is 142 Å². The zero-order valence-corrected chi connectivity index (χ0v) is 13.7. The van der Waals surface area contributed by atoms with Crippen LogP contribution in [-0.4, -0.2) is 21.5 Å². The summed E-state index contributed by atoms with van der Waals surface area (Å²) in [5.74, 6) is 1.44. The van der Waals surface area contributed by atoms with Crippen molar-refractivity contribution >= 4 is 11.8 Å². The Bertz CT molecular complexity index is 746. The molecule has 122 valence electrons. The Morgan fingerprint density at radius 3 is 2.67 bits per heavy atom. The second kappa shape index (κ2) is 8.06. The smallest absolute Gasteiger partial charge is 0.224 e. The van der Waals surface area contributed by atoms with Gasteiger partial charge < -0.3 is 10.6 Å². The molecule has 3 rings (SSSR count). The molecule has 2 N–H and O–H groups in total. The van der Waals surface area contributed by atoms with Crippen molar-refractivity contribution < 1.29 is 0 Å². The summed E-state index contributed by atoms with van der Waals surface area (Å²) in [4.78, 5) is 12.9. The molecule has 5 nitrogen and oxygen atoms in total. The summed E-state index contributed by atoms with van der Waals surface area (Å²) in [6.45, 7) is 2.89. The first-order valence-corrected chi connectivity index (χ1v) is 8.08. The fourth-order valence-electron chi connectivity index (χ4n) is 2.44. The zero-order valence-electron chi connectivity index (χ0n) is 13.7. The molecule has 3 aromatic rings. The van der Waals surface area contributed by atoms with E-state index in [2.05, 4.69) is 50.7 Å². The van der Waals surface area contributed by atoms with Crippen LogP contribution in [0.25, 0.3) is 0 Å². The summed E-state index contributed by atoms with van der Waals surface area (Å²) in [6, 6.07) is 16.4. The van der Waals surface area contributed by atoms with Gasteiger partial charge in [-0.05, 0) is 36.6 Å². The van der Waals surface area contributed by atoms with Crippen LogP contribution in [0.15, 0.2) is 67.1 Å². The number of nitrogens with one attached hydrogen (secondary N) is 2. The van der Waals surface area contributed by atoms with Crippen molar-refractivity contribution in [3.05, 3.63) is 78.2 Å². The lowest BCUT2D eigenvalue weighted by molar-refractivity contribution is 0.870. The molecule has 0 bridgehead atoms. The Hall–Kier alpha value is -2.95. The number of hydrogen-bond acceptors (Lipinski definition) is 5. The van der Waals surface area contributed by atoms with Gasteiger partial charge in [0.2, 0.25) is 5.95 Å². The molecule has 1 aromatic carbocycles. The number of hydrogen-bond donors (Lipinski definition) is 2. The van der Waals surface area contributed by atoms with Gasteiger partial charge in [-0.1, -0.05) is 36.4 Å². The van der Waals surface area contributed by atoms with Crippen LogP contribution in [0.2, 0.25) is 0 Å². The van der Waals surface area contributed by atoms with E-state index in [1.54, 1.807) is 12.4 Å². The molecule has 0 aliphatic carbocycles. The van der Waals surface area contributed by atoms with Crippen molar-refractivity contribution in [1.82, 2.24) is 15.0 Å². The van der Waals surface area contributed by atoms with Crippen LogP contribution in [0.3, 0.4) is 0 Å². The number of aromatic nitrogens is 3. The van der Waals surface area contributed by atoms with Crippen LogP contribution >= 0.6 is 0 Å². The van der Waals surface area contributed by atoms with Crippen molar-refractivity contribution in [2.75, 3.05) is 17.2 Å². The van der Waals surface area contributed by atoms with E-state index in [0.717, 1.165) is 18.8 Å². The van der Waals surface area contributed by atoms with E-state index in [1.807, 2.05) is 36.5 Å². The summed E-state index contributed by atoms with van der Waals surface area (Å²) in [5, 5.41) is 6.66. The second-order valence-corrected chi connectivity index (χ2v) is 5.58. The molecule has 0 saturated carbocycles. The third kappa shape index (κ3) is 4.52. The van der Waals surface area contributed by atoms with E-state index >= 15 is 0 Å². The van der Waals surface area contributed by atoms with Gasteiger partial charge in [-0.2, -0.15) is 4.98 Å². The van der Waals surface area contributed by atoms with Crippen molar-refractivity contribution in [3.8, 4) is 0 Å². The fraction of sp³-hybridized carbons (Fsp3) is 0.211. The van der Waals surface area contributed by atoms with Crippen LogP contribution in [0.4, 0.5) is 11.8 Å². The van der Waals surface area contributed by atoms with Gasteiger partial charge in [-0.15, -0.1) is 0 Å². The second-order valence-electron chi connectivity index (χ2n) is 5.58. The average Bonchev–Trinajstić information content (AvgIpc) is 2.64. The van der Waals surface area contributed by atoms with Crippen molar-refractivity contribution in [3.63, 3.8) is 0 Å². The number of pyridine rings is 1. The molecule has 0 amide bonds. The molecule has 0 spiro atoms. The lowest BCUT2D eigenvalue weighted by atomic mass is 10.1. The SMILES string of the molecule is CC(Nc1ccnc(NCCc2cccnc2)n1)c1ccccc1. The van der Waals surface area contributed by atoms with Gasteiger partial charge in [0, 0.05) is 31.2 Å². The van der Waals surface area contributed by atoms with Crippen molar-refractivity contribution in [2.45, 2.75) is 19.4 Å². The first-order chi connectivity index (χ1) is 11.8. The minimum atomic E-state index is 0.185. The minimum absolute atomic E-state index is 0.185. The maximum Gasteiger partial charge on any atom is 0.224 e. The number of rotatable bonds is 7. The Balaban J connectivity index is 1.56. The monoisotopic (exact) mass is 319 g/mol. The van der Waals surface area contributed by atoms with Gasteiger partial charge in [-0.25, -0.2) is 4.98 Å². The lowest BCUT2D eigenvalue weighted by Crippen LogP contribution is -2.11. The molecule has 0 fully saturated rings. The topological polar surface area (TPSA) is 62.7 Å². The van der Waals surface area contributed by atoms with E-state index in [9.17, 15) is 0 Å². The number of benzene rings is 1. The predicted molar refractivity (Wildman–Crippen MR) is 96.9 cm³/mol. The maximum absolute atomic E-state index is 4.52. The molecule has 0 aliphatic heterocycles. The minimum Gasteiger partial charge on any atom is -0.363 e. The first kappa shape index (κ1) is 15.9. The summed E-state index contributed by atoms with van der Waals surface area (Å²) in [6.07, 6.45) is 6.31. The molecule has 24 heavy (non-hydrogen) atoms. The first-order valence-electron chi connectivity index (χ1n) is 8.08. The largest absolute Gasteiger partial charge is 0.363 e. The highest BCUT2D eigenvalue weighted by molar-refractivity contribution is 5.42. The van der Waals surface area contributed by atoms with E-state index in [0.29, 0.717) is 5.95 Å². The molecule has 2 heterocycles. The van der Waals surface area contributed by atoms with Gasteiger partial charge in [0.25, 0.3) is 0 Å². The van der Waals surface area contributed by atoms with Crippen LogP contribution in [0.5, 0.6) is 0 Å². The van der Waals surface area contributed by atoms with Crippen LogP contribution < -0.4 is 10.6 Å². The zero-order chi connectivity index (χ0) is 16.6. The van der Waals surface area contributed by atoms with Crippen LogP contribution in [0, 0.1) is 0 Å². The number of anilines is 2. The highest BCUT2D eigenvalue weighted by Gasteiger charge is 2.06. The normalized spacial score (nSPS) is 11.7. The van der Waals surface area contributed by atoms with Gasteiger partial charge in [0.05, 0.1) is 0 Å².